The smallest absolute Gasteiger partial charge is 0.217 e. The van der Waals surface area contributed by atoms with E-state index in [0.29, 0.717) is 0 Å². The molecule has 4 N–H and O–H groups in total. The number of primary sulfonamides is 2. The summed E-state index contributed by atoms with van der Waals surface area (Å²) in [7, 11) is -8.16. The van der Waals surface area contributed by atoms with Gasteiger partial charge in [-0.2, -0.15) is 0 Å². The van der Waals surface area contributed by atoms with Gasteiger partial charge in [0.05, 0.1) is 5.75 Å². The van der Waals surface area contributed by atoms with Gasteiger partial charge >= 0.3 is 0 Å². The van der Waals surface area contributed by atoms with E-state index in [2.05, 4.69) is 0 Å². The SMILES string of the molecule is NS(=O)(=O)CC(c1ccc(F)cc1)S(N)(=O)=O. The molecule has 0 aliphatic rings. The van der Waals surface area contributed by atoms with Crippen LogP contribution in [0.3, 0.4) is 0 Å². The Kier molecular flexibility index (Phi) is 3.87. The molecule has 0 aliphatic heterocycles. The van der Waals surface area contributed by atoms with Crippen LogP contribution in [0.2, 0.25) is 0 Å². The molecule has 17 heavy (non-hydrogen) atoms. The normalized spacial score (nSPS) is 14.5. The Morgan fingerprint density at radius 3 is 1.88 bits per heavy atom. The molecule has 6 nitrogen and oxygen atoms in total. The topological polar surface area (TPSA) is 120 Å². The Bertz CT molecular complexity index is 595. The highest BCUT2D eigenvalue weighted by Crippen LogP contribution is 2.21. The summed E-state index contributed by atoms with van der Waals surface area (Å²) >= 11 is 0. The Balaban J connectivity index is 3.21. The van der Waals surface area contributed by atoms with E-state index in [4.69, 9.17) is 10.3 Å². The largest absolute Gasteiger partial charge is 0.229 e. The molecule has 9 heteroatoms. The molecule has 0 aliphatic carbocycles. The van der Waals surface area contributed by atoms with E-state index in [1.807, 2.05) is 0 Å². The molecule has 96 valence electrons. The van der Waals surface area contributed by atoms with E-state index in [0.717, 1.165) is 24.3 Å². The summed E-state index contributed by atoms with van der Waals surface area (Å²) in [6.07, 6.45) is 0. The van der Waals surface area contributed by atoms with Crippen LogP contribution in [-0.4, -0.2) is 22.6 Å². The second-order valence-corrected chi connectivity index (χ2v) is 6.86. The van der Waals surface area contributed by atoms with E-state index in [1.54, 1.807) is 0 Å². The molecule has 0 amide bonds. The van der Waals surface area contributed by atoms with Crippen LogP contribution in [0.25, 0.3) is 0 Å². The molecule has 1 unspecified atom stereocenters. The fourth-order valence-electron chi connectivity index (χ4n) is 1.27. The fraction of sp³-hybridized carbons (Fsp3) is 0.250. The predicted molar refractivity (Wildman–Crippen MR) is 60.2 cm³/mol. The minimum atomic E-state index is -4.15. The Hall–Kier alpha value is -1.03. The summed E-state index contributed by atoms with van der Waals surface area (Å²) in [5, 5.41) is 8.19. The van der Waals surface area contributed by atoms with Crippen LogP contribution in [0.4, 0.5) is 4.39 Å². The molecule has 0 aromatic heterocycles. The van der Waals surface area contributed by atoms with Gasteiger partial charge in [-0.05, 0) is 17.7 Å². The third kappa shape index (κ3) is 4.38. The lowest BCUT2D eigenvalue weighted by Crippen LogP contribution is -2.31. The fourth-order valence-corrected chi connectivity index (χ4v) is 3.75. The number of sulfonamides is 2. The van der Waals surface area contributed by atoms with Gasteiger partial charge in [-0.15, -0.1) is 0 Å². The number of hydrogen-bond donors (Lipinski definition) is 2. The van der Waals surface area contributed by atoms with Crippen molar-refractivity contribution in [1.82, 2.24) is 0 Å². The Morgan fingerprint density at radius 2 is 1.53 bits per heavy atom. The maximum absolute atomic E-state index is 12.7. The summed E-state index contributed by atoms with van der Waals surface area (Å²) in [4.78, 5) is 0. The molecule has 1 atom stereocenters. The molecule has 0 fully saturated rings. The van der Waals surface area contributed by atoms with Crippen molar-refractivity contribution in [1.29, 1.82) is 0 Å². The number of halogens is 1. The maximum Gasteiger partial charge on any atom is 0.217 e. The minimum absolute atomic E-state index is 0.0722. The first-order valence-corrected chi connectivity index (χ1v) is 7.69. The molecule has 0 spiro atoms. The zero-order valence-electron chi connectivity index (χ0n) is 8.58. The van der Waals surface area contributed by atoms with Gasteiger partial charge < -0.3 is 0 Å². The number of hydrogen-bond acceptors (Lipinski definition) is 4. The lowest BCUT2D eigenvalue weighted by molar-refractivity contribution is 0.577. The van der Waals surface area contributed by atoms with Gasteiger partial charge in [0.2, 0.25) is 20.0 Å². The first-order chi connectivity index (χ1) is 7.59. The lowest BCUT2D eigenvalue weighted by atomic mass is 10.2. The number of rotatable bonds is 4. The van der Waals surface area contributed by atoms with Crippen LogP contribution >= 0.6 is 0 Å². The van der Waals surface area contributed by atoms with Gasteiger partial charge in [0.25, 0.3) is 0 Å². The van der Waals surface area contributed by atoms with Crippen LogP contribution in [0.15, 0.2) is 24.3 Å². The van der Waals surface area contributed by atoms with Crippen molar-refractivity contribution in [2.24, 2.45) is 10.3 Å². The first-order valence-electron chi connectivity index (χ1n) is 4.37. The van der Waals surface area contributed by atoms with E-state index in [9.17, 15) is 21.2 Å². The Morgan fingerprint density at radius 1 is 1.06 bits per heavy atom. The van der Waals surface area contributed by atoms with Crippen molar-refractivity contribution in [3.05, 3.63) is 35.6 Å². The summed E-state index contributed by atoms with van der Waals surface area (Å²) < 4.78 is 57.0. The first kappa shape index (κ1) is 14.0. The average molecular weight is 282 g/mol. The number of benzene rings is 1. The maximum atomic E-state index is 12.7. The third-order valence-electron chi connectivity index (χ3n) is 2.02. The average Bonchev–Trinajstić information content (AvgIpc) is 2.13. The van der Waals surface area contributed by atoms with E-state index >= 15 is 0 Å². The van der Waals surface area contributed by atoms with Crippen molar-refractivity contribution in [3.8, 4) is 0 Å². The Labute approximate surface area is 98.5 Å². The summed E-state index contributed by atoms with van der Waals surface area (Å²) in [6.45, 7) is 0. The molecule has 0 heterocycles. The molecule has 1 rings (SSSR count). The van der Waals surface area contributed by atoms with E-state index < -0.39 is 36.9 Å². The predicted octanol–water partition coefficient (Wildman–Crippen LogP) is -0.556. The molecule has 0 saturated carbocycles. The van der Waals surface area contributed by atoms with Crippen molar-refractivity contribution in [3.63, 3.8) is 0 Å². The highest BCUT2D eigenvalue weighted by atomic mass is 32.2. The molecule has 1 aromatic rings. The van der Waals surface area contributed by atoms with Gasteiger partial charge in [0, 0.05) is 0 Å². The van der Waals surface area contributed by atoms with Crippen LogP contribution in [-0.2, 0) is 20.0 Å². The summed E-state index contributed by atoms with van der Waals surface area (Å²) in [5.41, 5.74) is 0.0722. The van der Waals surface area contributed by atoms with Crippen LogP contribution in [0, 0.1) is 5.82 Å². The van der Waals surface area contributed by atoms with E-state index in [1.165, 1.54) is 0 Å². The monoisotopic (exact) mass is 282 g/mol. The molecule has 0 bridgehead atoms. The van der Waals surface area contributed by atoms with Crippen LogP contribution in [0.1, 0.15) is 10.8 Å². The zero-order chi connectivity index (χ0) is 13.3. The molecular formula is C8H11FN2O4S2. The van der Waals surface area contributed by atoms with Crippen LogP contribution in [0.5, 0.6) is 0 Å². The summed E-state index contributed by atoms with van der Waals surface area (Å²) in [5.74, 6) is -1.42. The van der Waals surface area contributed by atoms with Crippen molar-refractivity contribution >= 4 is 20.0 Å². The number of nitrogens with two attached hydrogens (primary N) is 2. The highest BCUT2D eigenvalue weighted by Gasteiger charge is 2.28. The zero-order valence-corrected chi connectivity index (χ0v) is 10.2. The summed E-state index contributed by atoms with van der Waals surface area (Å²) in [6, 6.07) is 4.32. The second kappa shape index (κ2) is 4.69. The molecule has 0 saturated heterocycles. The quantitative estimate of drug-likeness (QED) is 0.769. The third-order valence-corrected chi connectivity index (χ3v) is 4.26. The lowest BCUT2D eigenvalue weighted by Gasteiger charge is -2.13. The van der Waals surface area contributed by atoms with Gasteiger partial charge in [0.1, 0.15) is 11.1 Å². The molecule has 0 radical (unpaired) electrons. The van der Waals surface area contributed by atoms with E-state index in [-0.39, 0.29) is 5.56 Å². The molecule has 1 aromatic carbocycles. The molecular weight excluding hydrogens is 271 g/mol. The van der Waals surface area contributed by atoms with Crippen LogP contribution < -0.4 is 10.3 Å². The second-order valence-electron chi connectivity index (χ2n) is 3.46. The van der Waals surface area contributed by atoms with Gasteiger partial charge in [-0.25, -0.2) is 31.5 Å². The van der Waals surface area contributed by atoms with Crippen molar-refractivity contribution in [2.45, 2.75) is 5.25 Å². The van der Waals surface area contributed by atoms with Gasteiger partial charge in [-0.1, -0.05) is 12.1 Å². The van der Waals surface area contributed by atoms with Gasteiger partial charge in [0.15, 0.2) is 0 Å². The van der Waals surface area contributed by atoms with Gasteiger partial charge in [-0.3, -0.25) is 0 Å². The van der Waals surface area contributed by atoms with Crippen molar-refractivity contribution in [2.75, 3.05) is 5.75 Å². The van der Waals surface area contributed by atoms with Crippen molar-refractivity contribution < 1.29 is 21.2 Å². The minimum Gasteiger partial charge on any atom is -0.229 e. The standard InChI is InChI=1S/C8H11FN2O4S2/c9-7-3-1-6(2-4-7)8(17(11,14)15)5-16(10,12)13/h1-4,8H,5H2,(H2,10,12,13)(H2,11,14,15). The highest BCUT2D eigenvalue weighted by molar-refractivity contribution is 7.93.